The molecule has 0 aromatic rings. The van der Waals surface area contributed by atoms with Gasteiger partial charge >= 0.3 is 0 Å². The summed E-state index contributed by atoms with van der Waals surface area (Å²) in [7, 11) is 1.66. The number of azo groups is 1. The highest BCUT2D eigenvalue weighted by Gasteiger charge is 2.22. The molecule has 0 aliphatic heterocycles. The van der Waals surface area contributed by atoms with Gasteiger partial charge < -0.3 is 5.41 Å². The second-order valence-corrected chi connectivity index (χ2v) is 3.98. The van der Waals surface area contributed by atoms with Gasteiger partial charge in [-0.3, -0.25) is 0 Å². The Morgan fingerprint density at radius 3 is 2.31 bits per heavy atom. The van der Waals surface area contributed by atoms with Crippen LogP contribution in [0.2, 0.25) is 0 Å². The fraction of sp³-hybridized carbons (Fsp3) is 0.889. The molecule has 13 heavy (non-hydrogen) atoms. The first-order valence-electron chi connectivity index (χ1n) is 4.59. The molecule has 0 radical (unpaired) electrons. The van der Waals surface area contributed by atoms with Crippen LogP contribution >= 0.6 is 12.6 Å². The predicted molar refractivity (Wildman–Crippen MR) is 60.2 cm³/mol. The molecule has 0 fully saturated rings. The molecule has 3 unspecified atom stereocenters. The summed E-state index contributed by atoms with van der Waals surface area (Å²) in [5.41, 5.74) is 0.658. The lowest BCUT2D eigenvalue weighted by Gasteiger charge is -2.21. The number of thiol groups is 1. The molecule has 0 heterocycles. The van der Waals surface area contributed by atoms with Gasteiger partial charge in [0.2, 0.25) is 0 Å². The zero-order valence-electron chi connectivity index (χ0n) is 8.78. The van der Waals surface area contributed by atoms with Crippen molar-refractivity contribution in [2.75, 3.05) is 7.05 Å². The Morgan fingerprint density at radius 1 is 1.46 bits per heavy atom. The Labute approximate surface area is 85.9 Å². The fourth-order valence-electron chi connectivity index (χ4n) is 1.39. The molecule has 0 rings (SSSR count). The van der Waals surface area contributed by atoms with Crippen LogP contribution in [0.3, 0.4) is 0 Å². The van der Waals surface area contributed by atoms with Crippen LogP contribution in [-0.4, -0.2) is 24.1 Å². The Hall–Kier alpha value is -0.380. The van der Waals surface area contributed by atoms with Crippen LogP contribution in [0.15, 0.2) is 10.2 Å². The molecule has 0 saturated heterocycles. The molecule has 0 bridgehead atoms. The first kappa shape index (κ1) is 12.6. The Balaban J connectivity index is 4.41. The molecule has 3 nitrogen and oxygen atoms in total. The molecule has 76 valence electrons. The Bertz CT molecular complexity index is 189. The summed E-state index contributed by atoms with van der Waals surface area (Å²) in [5.74, 6) is 0.177. The van der Waals surface area contributed by atoms with Crippen LogP contribution < -0.4 is 0 Å². The van der Waals surface area contributed by atoms with Gasteiger partial charge in [0.1, 0.15) is 0 Å². The molecule has 0 aliphatic carbocycles. The van der Waals surface area contributed by atoms with Gasteiger partial charge in [-0.15, -0.1) is 0 Å². The lowest BCUT2D eigenvalue weighted by atomic mass is 9.92. The van der Waals surface area contributed by atoms with Crippen molar-refractivity contribution in [3.8, 4) is 0 Å². The largest absolute Gasteiger partial charge is 0.308 e. The van der Waals surface area contributed by atoms with Crippen molar-refractivity contribution in [1.82, 2.24) is 0 Å². The van der Waals surface area contributed by atoms with E-state index in [0.717, 1.165) is 6.42 Å². The summed E-state index contributed by atoms with van der Waals surface area (Å²) in [6.45, 7) is 5.98. The third kappa shape index (κ3) is 3.89. The van der Waals surface area contributed by atoms with Crippen molar-refractivity contribution in [3.63, 3.8) is 0 Å². The molecule has 3 atom stereocenters. The van der Waals surface area contributed by atoms with Crippen molar-refractivity contribution >= 4 is 18.3 Å². The van der Waals surface area contributed by atoms with Gasteiger partial charge in [-0.2, -0.15) is 22.9 Å². The van der Waals surface area contributed by atoms with Crippen molar-refractivity contribution in [2.45, 2.75) is 38.5 Å². The summed E-state index contributed by atoms with van der Waals surface area (Å²) < 4.78 is 0. The van der Waals surface area contributed by atoms with E-state index in [1.54, 1.807) is 7.05 Å². The van der Waals surface area contributed by atoms with Crippen LogP contribution in [0.4, 0.5) is 0 Å². The molecule has 0 aromatic heterocycles. The summed E-state index contributed by atoms with van der Waals surface area (Å²) in [6.07, 6.45) is 0.921. The van der Waals surface area contributed by atoms with E-state index in [2.05, 4.69) is 29.8 Å². The maximum absolute atomic E-state index is 7.83. The highest BCUT2D eigenvalue weighted by atomic mass is 32.1. The SMILES string of the molecule is CCC(C(=N)C(C)S)C(C)N=NC. The lowest BCUT2D eigenvalue weighted by Crippen LogP contribution is -2.28. The minimum Gasteiger partial charge on any atom is -0.308 e. The normalized spacial score (nSPS) is 18.5. The molecule has 0 spiro atoms. The first-order chi connectivity index (χ1) is 6.04. The monoisotopic (exact) mass is 201 g/mol. The molecule has 0 saturated carbocycles. The quantitative estimate of drug-likeness (QED) is 0.390. The van der Waals surface area contributed by atoms with Crippen LogP contribution in [0.25, 0.3) is 0 Å². The van der Waals surface area contributed by atoms with Gasteiger partial charge in [-0.1, -0.05) is 6.92 Å². The predicted octanol–water partition coefficient (Wildman–Crippen LogP) is 2.82. The minimum atomic E-state index is 0.0134. The summed E-state index contributed by atoms with van der Waals surface area (Å²) in [4.78, 5) is 0. The maximum atomic E-state index is 7.83. The highest BCUT2D eigenvalue weighted by molar-refractivity contribution is 7.81. The van der Waals surface area contributed by atoms with E-state index in [-0.39, 0.29) is 17.2 Å². The van der Waals surface area contributed by atoms with Crippen molar-refractivity contribution < 1.29 is 0 Å². The molecule has 0 aromatic carbocycles. The van der Waals surface area contributed by atoms with Gasteiger partial charge in [-0.05, 0) is 20.3 Å². The van der Waals surface area contributed by atoms with Gasteiger partial charge in [-0.25, -0.2) is 0 Å². The fourth-order valence-corrected chi connectivity index (χ4v) is 1.58. The van der Waals surface area contributed by atoms with Crippen LogP contribution in [-0.2, 0) is 0 Å². The summed E-state index contributed by atoms with van der Waals surface area (Å²) in [5, 5.41) is 15.6. The summed E-state index contributed by atoms with van der Waals surface area (Å²) >= 11 is 4.25. The lowest BCUT2D eigenvalue weighted by molar-refractivity contribution is 0.524. The van der Waals surface area contributed by atoms with Crippen LogP contribution in [0, 0.1) is 11.3 Å². The van der Waals surface area contributed by atoms with E-state index >= 15 is 0 Å². The maximum Gasteiger partial charge on any atom is 0.0760 e. The molecular weight excluding hydrogens is 182 g/mol. The molecule has 0 aliphatic rings. The van der Waals surface area contributed by atoms with E-state index in [9.17, 15) is 0 Å². The van der Waals surface area contributed by atoms with Crippen LogP contribution in [0.5, 0.6) is 0 Å². The standard InChI is InChI=1S/C9H19N3S/c1-5-8(6(2)12-11-4)9(10)7(3)13/h6-8,10,13H,5H2,1-4H3. The number of nitrogens with one attached hydrogen (secondary N) is 1. The molecule has 1 N–H and O–H groups in total. The third-order valence-corrected chi connectivity index (χ3v) is 2.45. The smallest absolute Gasteiger partial charge is 0.0760 e. The topological polar surface area (TPSA) is 48.6 Å². The van der Waals surface area contributed by atoms with E-state index in [1.165, 1.54) is 0 Å². The van der Waals surface area contributed by atoms with E-state index in [0.29, 0.717) is 5.71 Å². The van der Waals surface area contributed by atoms with Gasteiger partial charge in [0, 0.05) is 23.9 Å². The van der Waals surface area contributed by atoms with Gasteiger partial charge in [0.25, 0.3) is 0 Å². The zero-order valence-corrected chi connectivity index (χ0v) is 9.68. The Morgan fingerprint density at radius 2 is 2.00 bits per heavy atom. The van der Waals surface area contributed by atoms with Crippen molar-refractivity contribution in [1.29, 1.82) is 5.41 Å². The number of hydrogen-bond donors (Lipinski definition) is 2. The number of nitrogens with zero attached hydrogens (tertiary/aromatic N) is 2. The van der Waals surface area contributed by atoms with Crippen molar-refractivity contribution in [3.05, 3.63) is 0 Å². The third-order valence-electron chi connectivity index (χ3n) is 2.17. The van der Waals surface area contributed by atoms with E-state index in [1.807, 2.05) is 13.8 Å². The second-order valence-electron chi connectivity index (χ2n) is 3.20. The first-order valence-corrected chi connectivity index (χ1v) is 5.11. The zero-order chi connectivity index (χ0) is 10.4. The average Bonchev–Trinajstić information content (AvgIpc) is 2.05. The average molecular weight is 201 g/mol. The molecule has 0 amide bonds. The van der Waals surface area contributed by atoms with E-state index in [4.69, 9.17) is 5.41 Å². The Kier molecular flexibility index (Phi) is 5.95. The van der Waals surface area contributed by atoms with Crippen LogP contribution in [0.1, 0.15) is 27.2 Å². The number of hydrogen-bond acceptors (Lipinski definition) is 4. The molecular formula is C9H19N3S. The van der Waals surface area contributed by atoms with Gasteiger partial charge in [0.15, 0.2) is 0 Å². The number of rotatable bonds is 5. The molecule has 4 heteroatoms. The highest BCUT2D eigenvalue weighted by Crippen LogP contribution is 2.17. The van der Waals surface area contributed by atoms with Gasteiger partial charge in [0.05, 0.1) is 6.04 Å². The minimum absolute atomic E-state index is 0.0134. The van der Waals surface area contributed by atoms with E-state index < -0.39 is 0 Å². The summed E-state index contributed by atoms with van der Waals surface area (Å²) in [6, 6.07) is 0.0945. The van der Waals surface area contributed by atoms with Crippen molar-refractivity contribution in [2.24, 2.45) is 16.1 Å². The second kappa shape index (κ2) is 6.13.